The Morgan fingerprint density at radius 1 is 1.54 bits per heavy atom. The van der Waals surface area contributed by atoms with Crippen molar-refractivity contribution in [3.8, 4) is 0 Å². The smallest absolute Gasteiger partial charge is 0.362 e. The number of nitrogen functional groups attached to an aromatic ring is 1. The van der Waals surface area contributed by atoms with Gasteiger partial charge in [0.15, 0.2) is 0 Å². The normalized spacial score (nSPS) is 11.6. The van der Waals surface area contributed by atoms with Crippen molar-refractivity contribution < 1.29 is 22.6 Å². The average molecular weight is 197 g/mol. The minimum Gasteiger partial charge on any atom is -0.362 e. The number of nitrogens with two attached hydrogens (primary N) is 1. The quantitative estimate of drug-likeness (QED) is 0.538. The van der Waals surface area contributed by atoms with Gasteiger partial charge in [-0.05, 0) is 0 Å². The van der Waals surface area contributed by atoms with E-state index in [-0.39, 0.29) is 0 Å². The Hall–Kier alpha value is -1.80. The summed E-state index contributed by atoms with van der Waals surface area (Å²) >= 11 is 0. The third-order valence-electron chi connectivity index (χ3n) is 1.14. The van der Waals surface area contributed by atoms with Crippen LogP contribution >= 0.6 is 0 Å². The number of hydrogen-bond donors (Lipinski definition) is 1. The van der Waals surface area contributed by atoms with E-state index in [1.165, 1.54) is 0 Å². The molecule has 72 valence electrons. The summed E-state index contributed by atoms with van der Waals surface area (Å²) in [6.45, 7) is 0. The summed E-state index contributed by atoms with van der Waals surface area (Å²) in [4.78, 5) is 8.78. The van der Waals surface area contributed by atoms with E-state index in [1.807, 2.05) is 0 Å². The summed E-state index contributed by atoms with van der Waals surface area (Å²) in [5.74, 6) is -0.961. The van der Waals surface area contributed by atoms with E-state index in [2.05, 4.69) is 9.68 Å². The van der Waals surface area contributed by atoms with Crippen LogP contribution in [0.3, 0.4) is 0 Å². The molecule has 0 bridgehead atoms. The molecule has 2 N–H and O–H groups in total. The number of nitrogens with zero attached hydrogens (tertiary/aromatic N) is 2. The Balaban J connectivity index is 3.31. The fourth-order valence-corrected chi connectivity index (χ4v) is 0.660. The Kier molecular flexibility index (Phi) is 1.86. The number of alkyl halides is 3. The maximum Gasteiger partial charge on any atom is 0.443 e. The highest BCUT2D eigenvalue weighted by Gasteiger charge is 2.45. The van der Waals surface area contributed by atoms with Crippen LogP contribution in [0, 0.1) is 10.1 Å². The van der Waals surface area contributed by atoms with Crippen molar-refractivity contribution in [1.29, 1.82) is 0 Å². The van der Waals surface area contributed by atoms with Crippen molar-refractivity contribution in [2.75, 3.05) is 5.73 Å². The van der Waals surface area contributed by atoms with Crippen molar-refractivity contribution >= 4 is 11.6 Å². The van der Waals surface area contributed by atoms with Gasteiger partial charge in [-0.25, -0.2) is 0 Å². The third kappa shape index (κ3) is 1.53. The lowest BCUT2D eigenvalue weighted by Crippen LogP contribution is -2.08. The second kappa shape index (κ2) is 2.61. The molecule has 0 radical (unpaired) electrons. The van der Waals surface area contributed by atoms with Gasteiger partial charge < -0.3 is 10.3 Å². The van der Waals surface area contributed by atoms with E-state index < -0.39 is 28.4 Å². The second-order valence-corrected chi connectivity index (χ2v) is 2.00. The van der Waals surface area contributed by atoms with E-state index in [4.69, 9.17) is 5.73 Å². The molecule has 9 heteroatoms. The molecular formula is C4H2F3N3O3. The predicted molar refractivity (Wildman–Crippen MR) is 32.6 cm³/mol. The van der Waals surface area contributed by atoms with Crippen LogP contribution in [0.4, 0.5) is 24.7 Å². The third-order valence-corrected chi connectivity index (χ3v) is 1.14. The fourth-order valence-electron chi connectivity index (χ4n) is 0.660. The summed E-state index contributed by atoms with van der Waals surface area (Å²) in [7, 11) is 0. The van der Waals surface area contributed by atoms with Gasteiger partial charge in [-0.3, -0.25) is 10.1 Å². The molecule has 0 aliphatic rings. The lowest BCUT2D eigenvalue weighted by molar-refractivity contribution is -0.387. The molecule has 0 aliphatic heterocycles. The first-order valence-electron chi connectivity index (χ1n) is 2.80. The zero-order valence-corrected chi connectivity index (χ0v) is 5.83. The van der Waals surface area contributed by atoms with Crippen molar-refractivity contribution in [1.82, 2.24) is 5.16 Å². The molecule has 0 unspecified atom stereocenters. The highest BCUT2D eigenvalue weighted by Crippen LogP contribution is 2.38. The van der Waals surface area contributed by atoms with Crippen LogP contribution in [-0.2, 0) is 6.18 Å². The van der Waals surface area contributed by atoms with Crippen LogP contribution in [0.25, 0.3) is 0 Å². The maximum absolute atomic E-state index is 11.9. The van der Waals surface area contributed by atoms with E-state index in [0.29, 0.717) is 0 Å². The Morgan fingerprint density at radius 3 is 2.38 bits per heavy atom. The minimum atomic E-state index is -4.94. The molecule has 0 saturated carbocycles. The minimum absolute atomic E-state index is 0.961. The molecule has 1 heterocycles. The van der Waals surface area contributed by atoms with Gasteiger partial charge in [0.2, 0.25) is 0 Å². The topological polar surface area (TPSA) is 95.2 Å². The molecule has 13 heavy (non-hydrogen) atoms. The number of aromatic nitrogens is 1. The first kappa shape index (κ1) is 9.29. The van der Waals surface area contributed by atoms with Gasteiger partial charge in [-0.1, -0.05) is 5.16 Å². The molecule has 0 atom stereocenters. The SMILES string of the molecule is Nc1onc(C(F)(F)F)c1[N+](=O)[O-]. The molecule has 1 rings (SSSR count). The lowest BCUT2D eigenvalue weighted by Gasteiger charge is -1.98. The van der Waals surface area contributed by atoms with Crippen LogP contribution in [0.2, 0.25) is 0 Å². The van der Waals surface area contributed by atoms with Gasteiger partial charge >= 0.3 is 17.7 Å². The number of halogens is 3. The van der Waals surface area contributed by atoms with Crippen LogP contribution in [0.1, 0.15) is 5.69 Å². The summed E-state index contributed by atoms with van der Waals surface area (Å²) in [6.07, 6.45) is -4.94. The van der Waals surface area contributed by atoms with E-state index in [0.717, 1.165) is 0 Å². The highest BCUT2D eigenvalue weighted by molar-refractivity contribution is 5.53. The molecule has 1 aromatic rings. The van der Waals surface area contributed by atoms with Crippen LogP contribution < -0.4 is 5.73 Å². The number of rotatable bonds is 1. The molecule has 0 fully saturated rings. The Morgan fingerprint density at radius 2 is 2.08 bits per heavy atom. The zero-order valence-electron chi connectivity index (χ0n) is 5.83. The summed E-state index contributed by atoms with van der Waals surface area (Å²) < 4.78 is 39.7. The van der Waals surface area contributed by atoms with Crippen LogP contribution in [0.5, 0.6) is 0 Å². The number of hydrogen-bond acceptors (Lipinski definition) is 5. The summed E-state index contributed by atoms with van der Waals surface area (Å²) in [5.41, 5.74) is 1.69. The lowest BCUT2D eigenvalue weighted by atomic mass is 10.3. The molecule has 0 spiro atoms. The van der Waals surface area contributed by atoms with E-state index in [1.54, 1.807) is 0 Å². The molecule has 0 amide bonds. The zero-order chi connectivity index (χ0) is 10.2. The molecule has 0 saturated heterocycles. The largest absolute Gasteiger partial charge is 0.443 e. The van der Waals surface area contributed by atoms with Crippen LogP contribution in [-0.4, -0.2) is 10.1 Å². The van der Waals surface area contributed by atoms with Crippen molar-refractivity contribution in [2.45, 2.75) is 6.18 Å². The number of nitro groups is 1. The molecular weight excluding hydrogens is 195 g/mol. The van der Waals surface area contributed by atoms with Gasteiger partial charge in [0, 0.05) is 0 Å². The molecule has 0 aliphatic carbocycles. The van der Waals surface area contributed by atoms with Gasteiger partial charge in [-0.2, -0.15) is 13.2 Å². The van der Waals surface area contributed by atoms with E-state index in [9.17, 15) is 23.3 Å². The molecule has 6 nitrogen and oxygen atoms in total. The maximum atomic E-state index is 11.9. The summed E-state index contributed by atoms with van der Waals surface area (Å²) in [6, 6.07) is 0. The van der Waals surface area contributed by atoms with Crippen molar-refractivity contribution in [3.63, 3.8) is 0 Å². The fraction of sp³-hybridized carbons (Fsp3) is 0.250. The molecule has 0 aromatic carbocycles. The summed E-state index contributed by atoms with van der Waals surface area (Å²) in [5, 5.41) is 12.5. The van der Waals surface area contributed by atoms with Crippen LogP contribution in [0.15, 0.2) is 4.52 Å². The van der Waals surface area contributed by atoms with Gasteiger partial charge in [0.1, 0.15) is 0 Å². The highest BCUT2D eigenvalue weighted by atomic mass is 19.4. The van der Waals surface area contributed by atoms with Gasteiger partial charge in [0.05, 0.1) is 4.92 Å². The van der Waals surface area contributed by atoms with Gasteiger partial charge in [-0.15, -0.1) is 0 Å². The monoisotopic (exact) mass is 197 g/mol. The number of anilines is 1. The van der Waals surface area contributed by atoms with Gasteiger partial charge in [0.25, 0.3) is 5.69 Å². The Bertz CT molecular complexity index is 344. The Labute approximate surface area is 68.3 Å². The van der Waals surface area contributed by atoms with Crippen molar-refractivity contribution in [3.05, 3.63) is 15.8 Å². The first-order chi connectivity index (χ1) is 5.84. The van der Waals surface area contributed by atoms with Crippen molar-refractivity contribution in [2.24, 2.45) is 0 Å². The van der Waals surface area contributed by atoms with E-state index >= 15 is 0 Å². The molecule has 1 aromatic heterocycles. The standard InChI is InChI=1S/C4H2F3N3O3/c5-4(6,7)2-1(10(11)12)3(8)13-9-2/h8H2. The second-order valence-electron chi connectivity index (χ2n) is 2.00. The average Bonchev–Trinajstić information content (AvgIpc) is 2.28. The predicted octanol–water partition coefficient (Wildman–Crippen LogP) is 1.18. The first-order valence-corrected chi connectivity index (χ1v) is 2.80.